The van der Waals surface area contributed by atoms with Gasteiger partial charge in [-0.25, -0.2) is 9.59 Å². The summed E-state index contributed by atoms with van der Waals surface area (Å²) in [6, 6.07) is 5.76. The minimum atomic E-state index is -0.647. The molecule has 1 fully saturated rings. The molecule has 0 spiro atoms. The molecule has 0 radical (unpaired) electrons. The highest BCUT2D eigenvalue weighted by Gasteiger charge is 2.34. The predicted molar refractivity (Wildman–Crippen MR) is 118 cm³/mol. The number of esters is 1. The molecule has 2 heterocycles. The van der Waals surface area contributed by atoms with Gasteiger partial charge in [0.15, 0.2) is 11.5 Å². The number of carbonyl (C=O) groups excluding carboxylic acids is 3. The van der Waals surface area contributed by atoms with E-state index < -0.39 is 23.5 Å². The third-order valence-corrected chi connectivity index (χ3v) is 5.01. The van der Waals surface area contributed by atoms with Crippen molar-refractivity contribution in [3.05, 3.63) is 51.5 Å². The first-order valence-electron chi connectivity index (χ1n) is 9.60. The van der Waals surface area contributed by atoms with Crippen molar-refractivity contribution in [3.63, 3.8) is 0 Å². The van der Waals surface area contributed by atoms with Gasteiger partial charge in [-0.05, 0) is 56.7 Å². The van der Waals surface area contributed by atoms with Gasteiger partial charge >= 0.3 is 12.0 Å². The number of rotatable bonds is 6. The average Bonchev–Trinajstić information content (AvgIpc) is 3.28. The summed E-state index contributed by atoms with van der Waals surface area (Å²) in [5.41, 5.74) is 0.268. The number of methoxy groups -OCH3 is 2. The SMILES string of the molecule is COC(=O)c1ccc(CN2C(=O)N/C(=C\c3cc(OC)c(OC(C)(C)C)cc3Br)C2=O)o1. The number of amides is 3. The molecule has 1 aromatic carbocycles. The number of benzene rings is 1. The van der Waals surface area contributed by atoms with Crippen LogP contribution in [0.25, 0.3) is 6.08 Å². The van der Waals surface area contributed by atoms with E-state index in [1.807, 2.05) is 20.8 Å². The van der Waals surface area contributed by atoms with Crippen LogP contribution in [0.2, 0.25) is 0 Å². The van der Waals surface area contributed by atoms with Crippen molar-refractivity contribution in [2.24, 2.45) is 0 Å². The zero-order valence-electron chi connectivity index (χ0n) is 18.3. The number of nitrogens with one attached hydrogen (secondary N) is 1. The lowest BCUT2D eigenvalue weighted by Crippen LogP contribution is -2.30. The number of hydrogen-bond donors (Lipinski definition) is 1. The van der Waals surface area contributed by atoms with Crippen LogP contribution in [-0.2, 0) is 16.1 Å². The molecule has 1 aliphatic rings. The first-order chi connectivity index (χ1) is 15.0. The monoisotopic (exact) mass is 506 g/mol. The number of hydrogen-bond acceptors (Lipinski definition) is 7. The largest absolute Gasteiger partial charge is 0.493 e. The maximum atomic E-state index is 12.8. The number of furan rings is 1. The fraction of sp³-hybridized carbons (Fsp3) is 0.318. The lowest BCUT2D eigenvalue weighted by Gasteiger charge is -2.23. The standard InChI is InChI=1S/C22H23BrN2O7/c1-22(2,3)32-18-10-14(23)12(9-17(18)29-4)8-15-19(26)25(21(28)24-15)11-13-6-7-16(31-13)20(27)30-5/h6-10H,11H2,1-5H3,(H,24,28)/b15-8-. The Balaban J connectivity index is 1.84. The maximum absolute atomic E-state index is 12.8. The van der Waals surface area contributed by atoms with Gasteiger partial charge in [-0.15, -0.1) is 0 Å². The Morgan fingerprint density at radius 2 is 1.91 bits per heavy atom. The van der Waals surface area contributed by atoms with Gasteiger partial charge < -0.3 is 23.9 Å². The second-order valence-corrected chi connectivity index (χ2v) is 8.73. The third kappa shape index (κ3) is 5.13. The fourth-order valence-electron chi connectivity index (χ4n) is 2.93. The molecule has 0 atom stereocenters. The van der Waals surface area contributed by atoms with Crippen LogP contribution < -0.4 is 14.8 Å². The summed E-state index contributed by atoms with van der Waals surface area (Å²) in [4.78, 5) is 37.7. The Labute approximate surface area is 193 Å². The second-order valence-electron chi connectivity index (χ2n) is 7.88. The Hall–Kier alpha value is -3.27. The summed E-state index contributed by atoms with van der Waals surface area (Å²) in [7, 11) is 2.75. The highest BCUT2D eigenvalue weighted by molar-refractivity contribution is 9.10. The summed E-state index contributed by atoms with van der Waals surface area (Å²) in [6.45, 7) is 5.63. The van der Waals surface area contributed by atoms with Crippen molar-refractivity contribution in [3.8, 4) is 11.5 Å². The third-order valence-electron chi connectivity index (χ3n) is 4.32. The predicted octanol–water partition coefficient (Wildman–Crippen LogP) is 4.11. The smallest absolute Gasteiger partial charge is 0.373 e. The number of carbonyl (C=O) groups is 3. The maximum Gasteiger partial charge on any atom is 0.373 e. The van der Waals surface area contributed by atoms with E-state index >= 15 is 0 Å². The van der Waals surface area contributed by atoms with Crippen molar-refractivity contribution in [2.45, 2.75) is 32.9 Å². The summed E-state index contributed by atoms with van der Waals surface area (Å²) >= 11 is 3.48. The molecular formula is C22H23BrN2O7. The molecule has 0 saturated carbocycles. The van der Waals surface area contributed by atoms with Gasteiger partial charge in [-0.1, -0.05) is 15.9 Å². The van der Waals surface area contributed by atoms with Gasteiger partial charge in [0.2, 0.25) is 5.76 Å². The number of imide groups is 1. The molecule has 1 aromatic heterocycles. The molecule has 1 aliphatic heterocycles. The molecule has 0 bridgehead atoms. The molecule has 3 amide bonds. The Morgan fingerprint density at radius 1 is 1.19 bits per heavy atom. The lowest BCUT2D eigenvalue weighted by molar-refractivity contribution is -0.123. The van der Waals surface area contributed by atoms with Gasteiger partial charge in [0.1, 0.15) is 17.1 Å². The van der Waals surface area contributed by atoms with E-state index in [4.69, 9.17) is 13.9 Å². The summed E-state index contributed by atoms with van der Waals surface area (Å²) in [6.07, 6.45) is 1.54. The van der Waals surface area contributed by atoms with Crippen LogP contribution in [0.15, 0.2) is 38.9 Å². The topological polar surface area (TPSA) is 107 Å². The van der Waals surface area contributed by atoms with Crippen LogP contribution in [0, 0.1) is 0 Å². The van der Waals surface area contributed by atoms with Crippen LogP contribution in [-0.4, -0.2) is 42.6 Å². The second kappa shape index (κ2) is 9.07. The van der Waals surface area contributed by atoms with Crippen molar-refractivity contribution >= 4 is 39.9 Å². The van der Waals surface area contributed by atoms with Crippen LogP contribution in [0.3, 0.4) is 0 Å². The molecule has 9 nitrogen and oxygen atoms in total. The molecule has 32 heavy (non-hydrogen) atoms. The first-order valence-corrected chi connectivity index (χ1v) is 10.4. The van der Waals surface area contributed by atoms with Gasteiger partial charge in [0, 0.05) is 4.47 Å². The number of ether oxygens (including phenoxy) is 3. The van der Waals surface area contributed by atoms with Crippen molar-refractivity contribution in [1.29, 1.82) is 0 Å². The number of urea groups is 1. The number of nitrogens with zero attached hydrogens (tertiary/aromatic N) is 1. The minimum Gasteiger partial charge on any atom is -0.493 e. The number of halogens is 1. The van der Waals surface area contributed by atoms with Crippen LogP contribution >= 0.6 is 15.9 Å². The van der Waals surface area contributed by atoms with Crippen LogP contribution in [0.4, 0.5) is 4.79 Å². The molecule has 1 N–H and O–H groups in total. The quantitative estimate of drug-likeness (QED) is 0.356. The van der Waals surface area contributed by atoms with Gasteiger partial charge in [0.25, 0.3) is 5.91 Å². The van der Waals surface area contributed by atoms with Crippen LogP contribution in [0.1, 0.15) is 42.6 Å². The van der Waals surface area contributed by atoms with Crippen LogP contribution in [0.5, 0.6) is 11.5 Å². The molecule has 1 saturated heterocycles. The lowest BCUT2D eigenvalue weighted by atomic mass is 10.1. The van der Waals surface area contributed by atoms with Gasteiger partial charge in [-0.2, -0.15) is 0 Å². The summed E-state index contributed by atoms with van der Waals surface area (Å²) in [5, 5.41) is 2.55. The molecule has 10 heteroatoms. The van der Waals surface area contributed by atoms with E-state index in [1.165, 1.54) is 32.4 Å². The zero-order valence-corrected chi connectivity index (χ0v) is 19.9. The van der Waals surface area contributed by atoms with E-state index in [2.05, 4.69) is 26.0 Å². The molecule has 0 unspecified atom stereocenters. The normalized spacial score (nSPS) is 15.2. The molecular weight excluding hydrogens is 484 g/mol. The average molecular weight is 507 g/mol. The summed E-state index contributed by atoms with van der Waals surface area (Å²) < 4.78 is 21.9. The van der Waals surface area contributed by atoms with Crippen molar-refractivity contribution in [2.75, 3.05) is 14.2 Å². The van der Waals surface area contributed by atoms with Crippen molar-refractivity contribution < 1.29 is 33.0 Å². The molecule has 3 rings (SSSR count). The first kappa shape index (κ1) is 23.4. The van der Waals surface area contributed by atoms with E-state index in [-0.39, 0.29) is 23.8 Å². The van der Waals surface area contributed by atoms with E-state index in [9.17, 15) is 14.4 Å². The van der Waals surface area contributed by atoms with E-state index in [0.717, 1.165) is 4.90 Å². The minimum absolute atomic E-state index is 0.0149. The Morgan fingerprint density at radius 3 is 2.53 bits per heavy atom. The van der Waals surface area contributed by atoms with E-state index in [1.54, 1.807) is 12.1 Å². The Kier molecular flexibility index (Phi) is 6.63. The molecule has 170 valence electrons. The van der Waals surface area contributed by atoms with Gasteiger partial charge in [-0.3, -0.25) is 9.69 Å². The Bertz CT molecular complexity index is 1100. The highest BCUT2D eigenvalue weighted by Crippen LogP contribution is 2.36. The van der Waals surface area contributed by atoms with Crippen molar-refractivity contribution in [1.82, 2.24) is 10.2 Å². The molecule has 2 aromatic rings. The fourth-order valence-corrected chi connectivity index (χ4v) is 3.37. The molecule has 0 aliphatic carbocycles. The summed E-state index contributed by atoms with van der Waals surface area (Å²) in [5.74, 6) is 0.0883. The highest BCUT2D eigenvalue weighted by atomic mass is 79.9. The van der Waals surface area contributed by atoms with Gasteiger partial charge in [0.05, 0.1) is 20.8 Å². The van der Waals surface area contributed by atoms with E-state index in [0.29, 0.717) is 21.5 Å². The zero-order chi connectivity index (χ0) is 23.6.